The quantitative estimate of drug-likeness (QED) is 0.579. The molecule has 1 amide bonds. The minimum atomic E-state index is -0.642. The number of imidazole rings is 1. The molecule has 146 valence electrons. The molecule has 1 fully saturated rings. The van der Waals surface area contributed by atoms with E-state index in [1.54, 1.807) is 17.0 Å². The van der Waals surface area contributed by atoms with E-state index < -0.39 is 5.76 Å². The molecule has 1 aliphatic heterocycles. The molecule has 8 nitrogen and oxygen atoms in total. The van der Waals surface area contributed by atoms with E-state index in [1.165, 1.54) is 0 Å². The number of carbonyl (C=O) groups is 1. The molecule has 8 heteroatoms. The van der Waals surface area contributed by atoms with Gasteiger partial charge in [0.05, 0.1) is 17.1 Å². The number of carbonyl (C=O) groups excluding carboxylic acids is 1. The summed E-state index contributed by atoms with van der Waals surface area (Å²) in [6, 6.07) is 16.8. The van der Waals surface area contributed by atoms with E-state index in [9.17, 15) is 9.59 Å². The van der Waals surface area contributed by atoms with Crippen LogP contribution >= 0.6 is 0 Å². The number of aromatic nitrogens is 4. The number of hydrogen-bond donors (Lipinski definition) is 1. The molecule has 0 radical (unpaired) electrons. The van der Waals surface area contributed by atoms with Crippen LogP contribution in [0.3, 0.4) is 0 Å². The lowest BCUT2D eigenvalue weighted by Gasteiger charge is -2.22. The minimum absolute atomic E-state index is 0.133. The maximum absolute atomic E-state index is 13.0. The van der Waals surface area contributed by atoms with Gasteiger partial charge in [0.1, 0.15) is 12.4 Å². The van der Waals surface area contributed by atoms with Gasteiger partial charge in [-0.2, -0.15) is 4.68 Å². The van der Waals surface area contributed by atoms with Gasteiger partial charge >= 0.3 is 5.76 Å². The molecule has 1 N–H and O–H groups in total. The fraction of sp³-hybridized carbons (Fsp3) is 0.238. The number of hydrogen-bond acceptors (Lipinski definition) is 5. The van der Waals surface area contributed by atoms with Crippen molar-refractivity contribution in [1.82, 2.24) is 24.6 Å². The number of fused-ring (bicyclic) bond motifs is 1. The molecule has 4 aromatic rings. The summed E-state index contributed by atoms with van der Waals surface area (Å²) in [7, 11) is 0. The lowest BCUT2D eigenvalue weighted by Crippen LogP contribution is -2.36. The molecule has 1 atom stereocenters. The zero-order valence-corrected chi connectivity index (χ0v) is 15.6. The SMILES string of the molecule is O=C(Cn1nc(-c2ccccc2)oc1=O)N1CCC[C@H]1c1nc2ccccc2[nH]1. The molecule has 0 bridgehead atoms. The summed E-state index contributed by atoms with van der Waals surface area (Å²) in [5.41, 5.74) is 2.51. The Bertz CT molecular complexity index is 1190. The van der Waals surface area contributed by atoms with Crippen LogP contribution in [0.5, 0.6) is 0 Å². The van der Waals surface area contributed by atoms with Crippen LogP contribution in [0.1, 0.15) is 24.7 Å². The van der Waals surface area contributed by atoms with Crippen LogP contribution in [0.25, 0.3) is 22.5 Å². The van der Waals surface area contributed by atoms with Gasteiger partial charge in [0.2, 0.25) is 11.8 Å². The molecule has 29 heavy (non-hydrogen) atoms. The summed E-state index contributed by atoms with van der Waals surface area (Å²) in [6.45, 7) is 0.463. The van der Waals surface area contributed by atoms with E-state index in [-0.39, 0.29) is 24.4 Å². The van der Waals surface area contributed by atoms with Gasteiger partial charge in [-0.15, -0.1) is 5.10 Å². The van der Waals surface area contributed by atoms with Crippen molar-refractivity contribution in [2.24, 2.45) is 0 Å². The number of H-pyrrole nitrogens is 1. The third-order valence-corrected chi connectivity index (χ3v) is 5.21. The lowest BCUT2D eigenvalue weighted by molar-refractivity contribution is -0.133. The third-order valence-electron chi connectivity index (χ3n) is 5.21. The first kappa shape index (κ1) is 17.4. The van der Waals surface area contributed by atoms with Crippen LogP contribution in [0.2, 0.25) is 0 Å². The number of aromatic amines is 1. The Labute approximate surface area is 165 Å². The van der Waals surface area contributed by atoms with Gasteiger partial charge < -0.3 is 14.3 Å². The van der Waals surface area contributed by atoms with E-state index in [4.69, 9.17) is 4.42 Å². The topological polar surface area (TPSA) is 97.0 Å². The number of para-hydroxylation sites is 2. The van der Waals surface area contributed by atoms with Gasteiger partial charge in [0.25, 0.3) is 0 Å². The number of nitrogens with zero attached hydrogens (tertiary/aromatic N) is 4. The molecule has 0 aliphatic carbocycles. The van der Waals surface area contributed by atoms with Gasteiger partial charge in [-0.1, -0.05) is 30.3 Å². The second-order valence-electron chi connectivity index (χ2n) is 7.08. The van der Waals surface area contributed by atoms with E-state index >= 15 is 0 Å². The third kappa shape index (κ3) is 3.22. The Balaban J connectivity index is 1.38. The van der Waals surface area contributed by atoms with E-state index in [0.717, 1.165) is 34.4 Å². The first-order chi connectivity index (χ1) is 14.2. The highest BCUT2D eigenvalue weighted by atomic mass is 16.4. The number of rotatable bonds is 4. The first-order valence-corrected chi connectivity index (χ1v) is 9.56. The lowest BCUT2D eigenvalue weighted by atomic mass is 10.2. The largest absolute Gasteiger partial charge is 0.437 e. The molecule has 1 aliphatic rings. The minimum Gasteiger partial charge on any atom is -0.388 e. The Morgan fingerprint density at radius 2 is 1.93 bits per heavy atom. The van der Waals surface area contributed by atoms with Crippen molar-refractivity contribution in [1.29, 1.82) is 0 Å². The van der Waals surface area contributed by atoms with Gasteiger partial charge in [0.15, 0.2) is 0 Å². The van der Waals surface area contributed by atoms with Crippen LogP contribution in [-0.4, -0.2) is 37.1 Å². The summed E-state index contributed by atoms with van der Waals surface area (Å²) in [6.07, 6.45) is 1.71. The van der Waals surface area contributed by atoms with Gasteiger partial charge in [-0.25, -0.2) is 9.78 Å². The number of benzene rings is 2. The highest BCUT2D eigenvalue weighted by molar-refractivity contribution is 5.78. The summed E-state index contributed by atoms with van der Waals surface area (Å²) in [5, 5.41) is 4.19. The zero-order valence-electron chi connectivity index (χ0n) is 15.6. The Kier molecular flexibility index (Phi) is 4.23. The average Bonchev–Trinajstić information content (AvgIpc) is 3.46. The maximum Gasteiger partial charge on any atom is 0.437 e. The summed E-state index contributed by atoms with van der Waals surface area (Å²) < 4.78 is 6.30. The summed E-state index contributed by atoms with van der Waals surface area (Å²) in [5.74, 6) is 0.160. The zero-order chi connectivity index (χ0) is 19.8. The fourth-order valence-corrected chi connectivity index (χ4v) is 3.80. The second-order valence-corrected chi connectivity index (χ2v) is 7.08. The highest BCUT2D eigenvalue weighted by Crippen LogP contribution is 2.31. The smallest absolute Gasteiger partial charge is 0.388 e. The van der Waals surface area contributed by atoms with Gasteiger partial charge in [0, 0.05) is 12.1 Å². The van der Waals surface area contributed by atoms with Crippen LogP contribution < -0.4 is 5.76 Å². The Hall–Kier alpha value is -3.68. The average molecular weight is 389 g/mol. The van der Waals surface area contributed by atoms with Gasteiger partial charge in [-0.3, -0.25) is 4.79 Å². The molecule has 5 rings (SSSR count). The standard InChI is InChI=1S/C21H19N5O3/c27-18(13-26-21(28)29-20(24-26)14-7-2-1-3-8-14)25-12-6-11-17(25)19-22-15-9-4-5-10-16(15)23-19/h1-5,7-10,17H,6,11-13H2,(H,22,23)/t17-/m0/s1. The number of amides is 1. The van der Waals surface area contributed by atoms with Crippen LogP contribution in [0.4, 0.5) is 0 Å². The number of likely N-dealkylation sites (tertiary alicyclic amines) is 1. The van der Waals surface area contributed by atoms with Crippen molar-refractivity contribution in [3.05, 3.63) is 71.0 Å². The molecule has 0 saturated carbocycles. The predicted octanol–water partition coefficient (Wildman–Crippen LogP) is 2.74. The molecule has 0 spiro atoms. The Morgan fingerprint density at radius 1 is 1.14 bits per heavy atom. The van der Waals surface area contributed by atoms with Crippen LogP contribution in [-0.2, 0) is 11.3 Å². The van der Waals surface area contributed by atoms with Crippen LogP contribution in [0.15, 0.2) is 63.8 Å². The highest BCUT2D eigenvalue weighted by Gasteiger charge is 2.32. The normalized spacial score (nSPS) is 16.6. The van der Waals surface area contributed by atoms with Crippen molar-refractivity contribution < 1.29 is 9.21 Å². The Morgan fingerprint density at radius 3 is 2.76 bits per heavy atom. The molecule has 0 unspecified atom stereocenters. The fourth-order valence-electron chi connectivity index (χ4n) is 3.80. The molecule has 3 heterocycles. The molecule has 1 saturated heterocycles. The molecular formula is C21H19N5O3. The monoisotopic (exact) mass is 389 g/mol. The van der Waals surface area contributed by atoms with E-state index in [2.05, 4.69) is 15.1 Å². The van der Waals surface area contributed by atoms with Crippen LogP contribution in [0, 0.1) is 0 Å². The van der Waals surface area contributed by atoms with Crippen molar-refractivity contribution in [2.45, 2.75) is 25.4 Å². The van der Waals surface area contributed by atoms with Gasteiger partial charge in [-0.05, 0) is 37.1 Å². The van der Waals surface area contributed by atoms with Crippen molar-refractivity contribution in [2.75, 3.05) is 6.54 Å². The number of nitrogens with one attached hydrogen (secondary N) is 1. The molecule has 2 aromatic heterocycles. The van der Waals surface area contributed by atoms with E-state index in [0.29, 0.717) is 12.1 Å². The second kappa shape index (κ2) is 7.05. The van der Waals surface area contributed by atoms with Crippen molar-refractivity contribution >= 4 is 16.9 Å². The summed E-state index contributed by atoms with van der Waals surface area (Å²) in [4.78, 5) is 34.9. The first-order valence-electron chi connectivity index (χ1n) is 9.56. The maximum atomic E-state index is 13.0. The van der Waals surface area contributed by atoms with Crippen molar-refractivity contribution in [3.8, 4) is 11.5 Å². The predicted molar refractivity (Wildman–Crippen MR) is 106 cm³/mol. The van der Waals surface area contributed by atoms with Crippen molar-refractivity contribution in [3.63, 3.8) is 0 Å². The summed E-state index contributed by atoms with van der Waals surface area (Å²) >= 11 is 0. The van der Waals surface area contributed by atoms with E-state index in [1.807, 2.05) is 42.5 Å². The molecular weight excluding hydrogens is 370 g/mol. The molecule has 2 aromatic carbocycles.